The second-order valence-corrected chi connectivity index (χ2v) is 5.95. The topological polar surface area (TPSA) is 64.4 Å². The van der Waals surface area contributed by atoms with Crippen LogP contribution in [0.5, 0.6) is 0 Å². The number of carbonyl (C=O) groups excluding carboxylic acids is 2. The lowest BCUT2D eigenvalue weighted by Crippen LogP contribution is -2.38. The summed E-state index contributed by atoms with van der Waals surface area (Å²) in [4.78, 5) is 25.4. The predicted octanol–water partition coefficient (Wildman–Crippen LogP) is 3.02. The molecule has 0 aliphatic heterocycles. The molecule has 0 bridgehead atoms. The number of carbonyl (C=O) groups is 2. The summed E-state index contributed by atoms with van der Waals surface area (Å²) in [6, 6.07) is 7.00. The van der Waals surface area contributed by atoms with Crippen molar-refractivity contribution in [1.82, 2.24) is 14.7 Å². The molecule has 1 heterocycles. The first-order valence-corrected chi connectivity index (χ1v) is 7.00. The first-order chi connectivity index (χ1) is 10.7. The minimum absolute atomic E-state index is 0.171. The number of rotatable bonds is 2. The highest BCUT2D eigenvalue weighted by atomic mass is 19.1. The Morgan fingerprint density at radius 2 is 1.78 bits per heavy atom. The van der Waals surface area contributed by atoms with Crippen molar-refractivity contribution >= 4 is 12.0 Å². The SMILES string of the molecule is CN(C(=O)OC(C)(C)C)C(=O)c1ccnn1-c1ccc(F)cc1. The normalized spacial score (nSPS) is 11.2. The molecular formula is C16H18FN3O3. The van der Waals surface area contributed by atoms with E-state index in [-0.39, 0.29) is 11.5 Å². The molecule has 2 rings (SSSR count). The molecule has 2 aromatic rings. The number of nitrogens with zero attached hydrogens (tertiary/aromatic N) is 3. The van der Waals surface area contributed by atoms with E-state index in [0.29, 0.717) is 5.69 Å². The summed E-state index contributed by atoms with van der Waals surface area (Å²) in [6.07, 6.45) is 0.675. The second-order valence-electron chi connectivity index (χ2n) is 5.95. The Balaban J connectivity index is 2.26. The van der Waals surface area contributed by atoms with Crippen LogP contribution in [0, 0.1) is 5.82 Å². The van der Waals surface area contributed by atoms with Crippen LogP contribution in [-0.4, -0.2) is 39.3 Å². The Morgan fingerprint density at radius 1 is 1.17 bits per heavy atom. The molecule has 122 valence electrons. The first-order valence-electron chi connectivity index (χ1n) is 7.00. The molecule has 2 amide bonds. The van der Waals surface area contributed by atoms with Gasteiger partial charge in [-0.25, -0.2) is 18.8 Å². The van der Waals surface area contributed by atoms with E-state index in [1.165, 1.54) is 48.3 Å². The summed E-state index contributed by atoms with van der Waals surface area (Å²) in [7, 11) is 1.33. The van der Waals surface area contributed by atoms with Gasteiger partial charge in [0, 0.05) is 7.05 Å². The van der Waals surface area contributed by atoms with Crippen LogP contribution in [0.3, 0.4) is 0 Å². The number of hydrogen-bond acceptors (Lipinski definition) is 4. The number of aromatic nitrogens is 2. The van der Waals surface area contributed by atoms with Crippen molar-refractivity contribution in [2.75, 3.05) is 7.05 Å². The average Bonchev–Trinajstić information content (AvgIpc) is 2.94. The van der Waals surface area contributed by atoms with E-state index in [4.69, 9.17) is 4.74 Å². The Morgan fingerprint density at radius 3 is 2.35 bits per heavy atom. The van der Waals surface area contributed by atoms with Gasteiger partial charge < -0.3 is 4.74 Å². The lowest BCUT2D eigenvalue weighted by molar-refractivity contribution is 0.0282. The minimum Gasteiger partial charge on any atom is -0.443 e. The Labute approximate surface area is 133 Å². The predicted molar refractivity (Wildman–Crippen MR) is 81.8 cm³/mol. The molecule has 0 atom stereocenters. The van der Waals surface area contributed by atoms with Crippen LogP contribution >= 0.6 is 0 Å². The van der Waals surface area contributed by atoms with E-state index in [0.717, 1.165) is 4.90 Å². The van der Waals surface area contributed by atoms with Gasteiger partial charge in [0.2, 0.25) is 0 Å². The monoisotopic (exact) mass is 319 g/mol. The minimum atomic E-state index is -0.755. The molecule has 0 saturated heterocycles. The molecule has 0 radical (unpaired) electrons. The van der Waals surface area contributed by atoms with Crippen molar-refractivity contribution in [1.29, 1.82) is 0 Å². The van der Waals surface area contributed by atoms with Crippen molar-refractivity contribution < 1.29 is 18.7 Å². The third-order valence-corrected chi connectivity index (χ3v) is 2.91. The van der Waals surface area contributed by atoms with E-state index in [1.54, 1.807) is 20.8 Å². The third-order valence-electron chi connectivity index (χ3n) is 2.91. The van der Waals surface area contributed by atoms with Crippen molar-refractivity contribution in [3.63, 3.8) is 0 Å². The van der Waals surface area contributed by atoms with E-state index in [1.807, 2.05) is 0 Å². The number of halogens is 1. The number of ether oxygens (including phenoxy) is 1. The maximum atomic E-state index is 13.0. The molecule has 0 fully saturated rings. The molecule has 0 aliphatic carbocycles. The van der Waals surface area contributed by atoms with Gasteiger partial charge in [0.15, 0.2) is 0 Å². The zero-order valence-electron chi connectivity index (χ0n) is 13.4. The fourth-order valence-electron chi connectivity index (χ4n) is 1.84. The highest BCUT2D eigenvalue weighted by Crippen LogP contribution is 2.15. The van der Waals surface area contributed by atoms with Crippen LogP contribution in [0.1, 0.15) is 31.3 Å². The molecule has 1 aromatic heterocycles. The third kappa shape index (κ3) is 3.94. The van der Waals surface area contributed by atoms with Crippen molar-refractivity contribution in [2.45, 2.75) is 26.4 Å². The molecule has 0 unspecified atom stereocenters. The van der Waals surface area contributed by atoms with Crippen molar-refractivity contribution in [2.24, 2.45) is 0 Å². The molecule has 0 aliphatic rings. The smallest absolute Gasteiger partial charge is 0.417 e. The molecule has 1 aromatic carbocycles. The van der Waals surface area contributed by atoms with Crippen molar-refractivity contribution in [3.05, 3.63) is 48.0 Å². The van der Waals surface area contributed by atoms with Gasteiger partial charge >= 0.3 is 6.09 Å². The van der Waals surface area contributed by atoms with Gasteiger partial charge in [-0.1, -0.05) is 0 Å². The first kappa shape index (κ1) is 16.7. The average molecular weight is 319 g/mol. The van der Waals surface area contributed by atoms with E-state index in [2.05, 4.69) is 5.10 Å². The summed E-state index contributed by atoms with van der Waals surface area (Å²) in [5.74, 6) is -0.958. The molecule has 0 N–H and O–H groups in total. The van der Waals surface area contributed by atoms with E-state index >= 15 is 0 Å². The fourth-order valence-corrected chi connectivity index (χ4v) is 1.84. The Hall–Kier alpha value is -2.70. The highest BCUT2D eigenvalue weighted by Gasteiger charge is 2.27. The van der Waals surface area contributed by atoms with Crippen LogP contribution in [0.2, 0.25) is 0 Å². The molecular weight excluding hydrogens is 301 g/mol. The van der Waals surface area contributed by atoms with Gasteiger partial charge in [-0.3, -0.25) is 4.79 Å². The lowest BCUT2D eigenvalue weighted by atomic mass is 10.2. The van der Waals surface area contributed by atoms with Gasteiger partial charge in [0.05, 0.1) is 11.9 Å². The highest BCUT2D eigenvalue weighted by molar-refractivity contribution is 6.01. The number of benzene rings is 1. The van der Waals surface area contributed by atoms with Crippen LogP contribution in [0.4, 0.5) is 9.18 Å². The summed E-state index contributed by atoms with van der Waals surface area (Å²) in [5.41, 5.74) is -0.0228. The fraction of sp³-hybridized carbons (Fsp3) is 0.312. The zero-order valence-corrected chi connectivity index (χ0v) is 13.4. The quantitative estimate of drug-likeness (QED) is 0.853. The molecule has 23 heavy (non-hydrogen) atoms. The molecule has 0 saturated carbocycles. The van der Waals surface area contributed by atoms with Crippen molar-refractivity contribution in [3.8, 4) is 5.69 Å². The zero-order chi connectivity index (χ0) is 17.2. The van der Waals surface area contributed by atoms with Crippen LogP contribution in [0.25, 0.3) is 5.69 Å². The summed E-state index contributed by atoms with van der Waals surface area (Å²) in [6.45, 7) is 5.14. The van der Waals surface area contributed by atoms with Gasteiger partial charge in [0.25, 0.3) is 5.91 Å². The van der Waals surface area contributed by atoms with Crippen LogP contribution in [-0.2, 0) is 4.74 Å². The van der Waals surface area contributed by atoms with E-state index in [9.17, 15) is 14.0 Å². The Bertz CT molecular complexity index is 717. The lowest BCUT2D eigenvalue weighted by Gasteiger charge is -2.23. The maximum Gasteiger partial charge on any atom is 0.417 e. The maximum absolute atomic E-state index is 13.0. The van der Waals surface area contributed by atoms with Gasteiger partial charge in [-0.15, -0.1) is 0 Å². The largest absolute Gasteiger partial charge is 0.443 e. The number of hydrogen-bond donors (Lipinski definition) is 0. The number of amides is 2. The second kappa shape index (κ2) is 6.20. The van der Waals surface area contributed by atoms with Gasteiger partial charge in [0.1, 0.15) is 17.1 Å². The summed E-state index contributed by atoms with van der Waals surface area (Å²) < 4.78 is 19.5. The summed E-state index contributed by atoms with van der Waals surface area (Å²) >= 11 is 0. The molecule has 0 spiro atoms. The standard InChI is InChI=1S/C16H18FN3O3/c1-16(2,3)23-15(22)19(4)14(21)13-9-10-18-20(13)12-7-5-11(17)6-8-12/h5-10H,1-4H3. The number of imide groups is 1. The Kier molecular flexibility index (Phi) is 4.49. The van der Waals surface area contributed by atoms with Crippen LogP contribution in [0.15, 0.2) is 36.5 Å². The van der Waals surface area contributed by atoms with E-state index < -0.39 is 17.6 Å². The van der Waals surface area contributed by atoms with Crippen LogP contribution < -0.4 is 0 Å². The molecule has 7 heteroatoms. The van der Waals surface area contributed by atoms with Gasteiger partial charge in [-0.05, 0) is 51.1 Å². The summed E-state index contributed by atoms with van der Waals surface area (Å²) in [5, 5.41) is 4.05. The van der Waals surface area contributed by atoms with Gasteiger partial charge in [-0.2, -0.15) is 5.10 Å². The molecule has 6 nitrogen and oxygen atoms in total.